The summed E-state index contributed by atoms with van der Waals surface area (Å²) in [6, 6.07) is 15.8. The van der Waals surface area contributed by atoms with E-state index in [1.165, 1.54) is 12.1 Å². The van der Waals surface area contributed by atoms with E-state index in [4.69, 9.17) is 26.3 Å². The largest absolute Gasteiger partial charge is 0.479 e. The minimum atomic E-state index is -1.24. The van der Waals surface area contributed by atoms with Gasteiger partial charge in [-0.15, -0.1) is 0 Å². The summed E-state index contributed by atoms with van der Waals surface area (Å²) >= 11 is 6.26. The summed E-state index contributed by atoms with van der Waals surface area (Å²) in [5, 5.41) is 12.1. The average Bonchev–Trinajstić information content (AvgIpc) is 3.30. The number of ether oxygens (including phenoxy) is 1. The summed E-state index contributed by atoms with van der Waals surface area (Å²) in [5.41, 5.74) is 6.78. The van der Waals surface area contributed by atoms with Crippen LogP contribution in [0, 0.1) is 19.7 Å². The normalized spacial score (nSPS) is 13.9. The highest BCUT2D eigenvalue weighted by atomic mass is 35.5. The number of anilines is 2. The van der Waals surface area contributed by atoms with Crippen molar-refractivity contribution in [1.82, 2.24) is 14.5 Å². The zero-order valence-electron chi connectivity index (χ0n) is 24.7. The van der Waals surface area contributed by atoms with Crippen LogP contribution in [0.5, 0.6) is 0 Å². The van der Waals surface area contributed by atoms with Gasteiger partial charge in [0.15, 0.2) is 6.10 Å². The molecular formula is C34H32ClFN4O3. The van der Waals surface area contributed by atoms with E-state index in [2.05, 4.69) is 22.5 Å². The van der Waals surface area contributed by atoms with E-state index in [0.717, 1.165) is 50.1 Å². The number of carboxylic acids is 1. The van der Waals surface area contributed by atoms with E-state index < -0.39 is 17.7 Å². The fourth-order valence-electron chi connectivity index (χ4n) is 5.98. The summed E-state index contributed by atoms with van der Waals surface area (Å²) in [6.07, 6.45) is 2.22. The van der Waals surface area contributed by atoms with Crippen molar-refractivity contribution >= 4 is 40.1 Å². The summed E-state index contributed by atoms with van der Waals surface area (Å²) in [6.45, 7) is 10.9. The molecule has 1 aliphatic heterocycles. The molecule has 220 valence electrons. The van der Waals surface area contributed by atoms with E-state index in [9.17, 15) is 14.3 Å². The summed E-state index contributed by atoms with van der Waals surface area (Å²) in [5.74, 6) is -0.882. The molecule has 2 aromatic heterocycles. The van der Waals surface area contributed by atoms with Crippen molar-refractivity contribution in [3.8, 4) is 22.3 Å². The number of carboxylic acid groups (broad SMARTS) is 1. The maximum atomic E-state index is 13.5. The summed E-state index contributed by atoms with van der Waals surface area (Å²) < 4.78 is 22.0. The Balaban J connectivity index is 1.60. The van der Waals surface area contributed by atoms with Gasteiger partial charge < -0.3 is 19.3 Å². The second-order valence-electron chi connectivity index (χ2n) is 11.8. The Morgan fingerprint density at radius 2 is 1.60 bits per heavy atom. The average molecular weight is 599 g/mol. The van der Waals surface area contributed by atoms with Crippen molar-refractivity contribution in [1.29, 1.82) is 0 Å². The summed E-state index contributed by atoms with van der Waals surface area (Å²) in [7, 11) is 0. The van der Waals surface area contributed by atoms with Gasteiger partial charge >= 0.3 is 5.97 Å². The van der Waals surface area contributed by atoms with Crippen LogP contribution < -0.4 is 4.90 Å². The van der Waals surface area contributed by atoms with Crippen molar-refractivity contribution in [2.45, 2.75) is 52.9 Å². The number of halogens is 2. The van der Waals surface area contributed by atoms with Gasteiger partial charge in [-0.1, -0.05) is 35.9 Å². The van der Waals surface area contributed by atoms with Gasteiger partial charge in [0.25, 0.3) is 0 Å². The maximum absolute atomic E-state index is 13.5. The number of nitrogens with zero attached hydrogens (tertiary/aromatic N) is 4. The van der Waals surface area contributed by atoms with Gasteiger partial charge in [-0.2, -0.15) is 0 Å². The third-order valence-electron chi connectivity index (χ3n) is 7.79. The number of rotatable bonds is 6. The van der Waals surface area contributed by atoms with E-state index in [0.29, 0.717) is 29.6 Å². The van der Waals surface area contributed by atoms with Crippen LogP contribution in [0.2, 0.25) is 5.02 Å². The van der Waals surface area contributed by atoms with Gasteiger partial charge in [0.2, 0.25) is 5.95 Å². The molecule has 1 aliphatic rings. The fraction of sp³-hybridized carbons (Fsp3) is 0.265. The number of benzene rings is 3. The Labute approximate surface area is 254 Å². The van der Waals surface area contributed by atoms with Crippen LogP contribution in [0.1, 0.15) is 43.7 Å². The van der Waals surface area contributed by atoms with Crippen molar-refractivity contribution in [3.05, 3.63) is 94.7 Å². The number of hydrogen-bond acceptors (Lipinski definition) is 5. The smallest absolute Gasteiger partial charge is 0.337 e. The molecule has 7 nitrogen and oxygen atoms in total. The Hall–Kier alpha value is -4.27. The highest BCUT2D eigenvalue weighted by Crippen LogP contribution is 2.49. The Bertz CT molecular complexity index is 1840. The monoisotopic (exact) mass is 598 g/mol. The first-order valence-electron chi connectivity index (χ1n) is 14.1. The minimum absolute atomic E-state index is 0.305. The van der Waals surface area contributed by atoms with Crippen molar-refractivity contribution in [3.63, 3.8) is 0 Å². The van der Waals surface area contributed by atoms with E-state index in [1.54, 1.807) is 24.5 Å². The van der Waals surface area contributed by atoms with Crippen LogP contribution >= 0.6 is 11.6 Å². The Morgan fingerprint density at radius 3 is 2.21 bits per heavy atom. The first-order chi connectivity index (χ1) is 20.4. The molecule has 9 heteroatoms. The van der Waals surface area contributed by atoms with Crippen LogP contribution in [0.25, 0.3) is 33.2 Å². The van der Waals surface area contributed by atoms with Crippen molar-refractivity contribution in [2.75, 3.05) is 11.4 Å². The van der Waals surface area contributed by atoms with Gasteiger partial charge in [0, 0.05) is 52.7 Å². The molecule has 0 fully saturated rings. The predicted molar refractivity (Wildman–Crippen MR) is 168 cm³/mol. The predicted octanol–water partition coefficient (Wildman–Crippen LogP) is 8.27. The second-order valence-corrected chi connectivity index (χ2v) is 12.3. The lowest BCUT2D eigenvalue weighted by Crippen LogP contribution is -2.32. The van der Waals surface area contributed by atoms with Crippen molar-refractivity contribution in [2.24, 2.45) is 0 Å². The molecule has 0 amide bonds. The maximum Gasteiger partial charge on any atom is 0.337 e. The van der Waals surface area contributed by atoms with Gasteiger partial charge in [-0.3, -0.25) is 0 Å². The Morgan fingerprint density at radius 1 is 0.977 bits per heavy atom. The summed E-state index contributed by atoms with van der Waals surface area (Å²) in [4.78, 5) is 24.4. The van der Waals surface area contributed by atoms with Gasteiger partial charge in [0.1, 0.15) is 5.82 Å². The standard InChI is InChI=1S/C34H32ClFN4O3/c1-19-16-26-28(22-6-10-24(35)11-7-22)27(31(32(41)42)43-34(3,4)5)20(2)29-30(26)39(19)14-15-40(29)33-37-17-23(18-38-33)21-8-12-25(36)13-9-21/h6-13,16-18,31H,14-15H2,1-5H3,(H,41,42)/t31-/m0/s1. The molecule has 0 saturated carbocycles. The number of carbonyl (C=O) groups is 1. The molecule has 3 aromatic carbocycles. The van der Waals surface area contributed by atoms with Crippen LogP contribution in [0.15, 0.2) is 67.0 Å². The lowest BCUT2D eigenvalue weighted by molar-refractivity contribution is -0.160. The van der Waals surface area contributed by atoms with Crippen LogP contribution in [0.3, 0.4) is 0 Å². The van der Waals surface area contributed by atoms with Crippen LogP contribution in [-0.2, 0) is 16.1 Å². The van der Waals surface area contributed by atoms with Crippen LogP contribution in [0.4, 0.5) is 16.0 Å². The highest BCUT2D eigenvalue weighted by molar-refractivity contribution is 6.30. The van der Waals surface area contributed by atoms with E-state index >= 15 is 0 Å². The molecule has 5 aromatic rings. The third-order valence-corrected chi connectivity index (χ3v) is 8.04. The molecule has 0 bridgehead atoms. The first-order valence-corrected chi connectivity index (χ1v) is 14.5. The second kappa shape index (κ2) is 10.8. The van der Waals surface area contributed by atoms with E-state index in [1.807, 2.05) is 52.0 Å². The lowest BCUT2D eigenvalue weighted by atomic mass is 9.87. The quantitative estimate of drug-likeness (QED) is 0.212. The molecule has 1 N–H and O–H groups in total. The number of aryl methyl sites for hydroxylation is 1. The molecule has 0 spiro atoms. The Kier molecular flexibility index (Phi) is 7.22. The van der Waals surface area contributed by atoms with E-state index in [-0.39, 0.29) is 5.82 Å². The number of aliphatic carboxylic acids is 1. The number of hydrogen-bond donors (Lipinski definition) is 1. The molecule has 0 aliphatic carbocycles. The molecule has 1 atom stereocenters. The molecule has 43 heavy (non-hydrogen) atoms. The van der Waals surface area contributed by atoms with Crippen molar-refractivity contribution < 1.29 is 19.0 Å². The zero-order chi connectivity index (χ0) is 30.6. The molecular weight excluding hydrogens is 567 g/mol. The third kappa shape index (κ3) is 5.26. The van der Waals surface area contributed by atoms with Gasteiger partial charge in [-0.25, -0.2) is 19.2 Å². The first kappa shape index (κ1) is 28.8. The molecule has 0 unspecified atom stereocenters. The highest BCUT2D eigenvalue weighted by Gasteiger charge is 2.36. The molecule has 6 rings (SSSR count). The molecule has 0 saturated heterocycles. The minimum Gasteiger partial charge on any atom is -0.479 e. The van der Waals surface area contributed by atoms with Gasteiger partial charge in [0.05, 0.1) is 16.8 Å². The van der Waals surface area contributed by atoms with Gasteiger partial charge in [-0.05, 0) is 87.2 Å². The SMILES string of the molecule is Cc1c([C@H](OC(C)(C)C)C(=O)O)c(-c2ccc(Cl)cc2)c2cc(C)n3c2c1N(c1ncc(-c2ccc(F)cc2)cn1)CC3. The fourth-order valence-corrected chi connectivity index (χ4v) is 6.11. The number of aromatic nitrogens is 3. The zero-order valence-corrected chi connectivity index (χ0v) is 25.4. The lowest BCUT2D eigenvalue weighted by Gasteiger charge is -2.35. The van der Waals surface area contributed by atoms with Crippen LogP contribution in [-0.4, -0.2) is 37.8 Å². The molecule has 0 radical (unpaired) electrons. The topological polar surface area (TPSA) is 80.5 Å². The molecule has 3 heterocycles.